The molecule has 3 heteroatoms. The third kappa shape index (κ3) is 4.94. The van der Waals surface area contributed by atoms with Crippen LogP contribution in [0.3, 0.4) is 0 Å². The Hall–Kier alpha value is -1.25. The lowest BCUT2D eigenvalue weighted by atomic mass is 10.1. The smallest absolute Gasteiger partial charge is 0.237 e. The number of nitrogens with one attached hydrogen (secondary N) is 1. The zero-order valence-corrected chi connectivity index (χ0v) is 12.1. The van der Waals surface area contributed by atoms with Gasteiger partial charge in [0.2, 0.25) is 5.88 Å². The summed E-state index contributed by atoms with van der Waals surface area (Å²) in [6, 6.07) is 4.49. The predicted octanol–water partition coefficient (Wildman–Crippen LogP) is 4.25. The molecule has 0 aliphatic heterocycles. The van der Waals surface area contributed by atoms with Crippen molar-refractivity contribution in [2.45, 2.75) is 65.5 Å². The second-order valence-corrected chi connectivity index (χ2v) is 4.91. The number of ether oxygens (including phenoxy) is 1. The van der Waals surface area contributed by atoms with Crippen LogP contribution in [0.4, 0.5) is 5.69 Å². The van der Waals surface area contributed by atoms with Crippen LogP contribution in [0.15, 0.2) is 18.3 Å². The van der Waals surface area contributed by atoms with E-state index in [-0.39, 0.29) is 6.10 Å². The number of hydrogen-bond donors (Lipinski definition) is 1. The van der Waals surface area contributed by atoms with E-state index in [1.807, 2.05) is 26.0 Å². The fourth-order valence-corrected chi connectivity index (χ4v) is 1.87. The predicted molar refractivity (Wildman–Crippen MR) is 77.2 cm³/mol. The quantitative estimate of drug-likeness (QED) is 0.749. The van der Waals surface area contributed by atoms with Crippen LogP contribution in [0, 0.1) is 0 Å². The summed E-state index contributed by atoms with van der Waals surface area (Å²) in [5.41, 5.74) is 1.01. The van der Waals surface area contributed by atoms with Gasteiger partial charge in [0.15, 0.2) is 0 Å². The molecule has 18 heavy (non-hydrogen) atoms. The highest BCUT2D eigenvalue weighted by molar-refractivity contribution is 5.52. The number of pyridine rings is 1. The molecule has 0 radical (unpaired) electrons. The Morgan fingerprint density at radius 3 is 2.72 bits per heavy atom. The zero-order valence-electron chi connectivity index (χ0n) is 12.1. The van der Waals surface area contributed by atoms with Gasteiger partial charge in [0.05, 0.1) is 11.8 Å². The van der Waals surface area contributed by atoms with Gasteiger partial charge in [0, 0.05) is 12.2 Å². The summed E-state index contributed by atoms with van der Waals surface area (Å²) < 4.78 is 5.72. The van der Waals surface area contributed by atoms with E-state index in [1.54, 1.807) is 6.20 Å². The molecule has 1 aromatic rings. The molecule has 0 aliphatic rings. The molecule has 0 amide bonds. The second-order valence-electron chi connectivity index (χ2n) is 4.91. The van der Waals surface area contributed by atoms with Crippen LogP contribution in [0.5, 0.6) is 5.88 Å². The Morgan fingerprint density at radius 2 is 2.11 bits per heavy atom. The molecular weight excluding hydrogens is 224 g/mol. The van der Waals surface area contributed by atoms with Crippen molar-refractivity contribution < 1.29 is 4.74 Å². The number of hydrogen-bond acceptors (Lipinski definition) is 3. The van der Waals surface area contributed by atoms with Crippen molar-refractivity contribution in [2.75, 3.05) is 5.32 Å². The monoisotopic (exact) mass is 250 g/mol. The van der Waals surface area contributed by atoms with Crippen LogP contribution in [0.25, 0.3) is 0 Å². The van der Waals surface area contributed by atoms with Gasteiger partial charge in [-0.15, -0.1) is 0 Å². The first-order chi connectivity index (χ1) is 8.67. The number of rotatable bonds is 8. The van der Waals surface area contributed by atoms with Crippen molar-refractivity contribution in [3.63, 3.8) is 0 Å². The molecule has 0 aromatic carbocycles. The molecule has 102 valence electrons. The van der Waals surface area contributed by atoms with Gasteiger partial charge >= 0.3 is 0 Å². The zero-order chi connectivity index (χ0) is 13.4. The second kappa shape index (κ2) is 7.96. The molecule has 1 atom stereocenters. The van der Waals surface area contributed by atoms with Gasteiger partial charge in [0.25, 0.3) is 0 Å². The van der Waals surface area contributed by atoms with E-state index in [2.05, 4.69) is 24.1 Å². The average molecular weight is 250 g/mol. The lowest BCUT2D eigenvalue weighted by Crippen LogP contribution is -2.19. The third-order valence-electron chi connectivity index (χ3n) is 2.88. The van der Waals surface area contributed by atoms with Crippen molar-refractivity contribution in [1.82, 2.24) is 4.98 Å². The molecule has 1 unspecified atom stereocenters. The van der Waals surface area contributed by atoms with Gasteiger partial charge in [-0.3, -0.25) is 0 Å². The van der Waals surface area contributed by atoms with Gasteiger partial charge in [-0.25, -0.2) is 4.98 Å². The van der Waals surface area contributed by atoms with Crippen LogP contribution in [-0.4, -0.2) is 17.1 Å². The Bertz CT molecular complexity index is 339. The maximum Gasteiger partial charge on any atom is 0.237 e. The Labute approximate surface area is 111 Å². The molecular formula is C15H26N2O. The van der Waals surface area contributed by atoms with Gasteiger partial charge in [-0.1, -0.05) is 26.7 Å². The van der Waals surface area contributed by atoms with E-state index in [1.165, 1.54) is 19.3 Å². The number of anilines is 1. The summed E-state index contributed by atoms with van der Waals surface area (Å²) >= 11 is 0. The minimum atomic E-state index is 0.149. The molecule has 1 aromatic heterocycles. The highest BCUT2D eigenvalue weighted by atomic mass is 16.5. The molecule has 0 bridgehead atoms. The summed E-state index contributed by atoms with van der Waals surface area (Å²) in [6.45, 7) is 8.48. The standard InChI is InChI=1S/C15H26N2O/c1-5-7-9-13(6-2)17-14-10-8-11-16-15(14)18-12(3)4/h8,10-13,17H,5-7,9H2,1-4H3. The molecule has 0 aliphatic carbocycles. The van der Waals surface area contributed by atoms with E-state index >= 15 is 0 Å². The first-order valence-electron chi connectivity index (χ1n) is 7.05. The molecule has 0 spiro atoms. The minimum Gasteiger partial charge on any atom is -0.473 e. The molecule has 0 saturated heterocycles. The van der Waals surface area contributed by atoms with Crippen LogP contribution in [0.2, 0.25) is 0 Å². The maximum atomic E-state index is 5.72. The normalized spacial score (nSPS) is 12.5. The van der Waals surface area contributed by atoms with E-state index in [4.69, 9.17) is 4.74 Å². The summed E-state index contributed by atoms with van der Waals surface area (Å²) in [7, 11) is 0. The lowest BCUT2D eigenvalue weighted by molar-refractivity contribution is 0.234. The molecule has 0 fully saturated rings. The van der Waals surface area contributed by atoms with Crippen LogP contribution >= 0.6 is 0 Å². The van der Waals surface area contributed by atoms with E-state index in [0.717, 1.165) is 12.1 Å². The largest absolute Gasteiger partial charge is 0.473 e. The van der Waals surface area contributed by atoms with Gasteiger partial charge in [-0.2, -0.15) is 0 Å². The Balaban J connectivity index is 2.69. The fourth-order valence-electron chi connectivity index (χ4n) is 1.87. The van der Waals surface area contributed by atoms with Crippen molar-refractivity contribution >= 4 is 5.69 Å². The number of nitrogens with zero attached hydrogens (tertiary/aromatic N) is 1. The summed E-state index contributed by atoms with van der Waals surface area (Å²) in [4.78, 5) is 4.30. The first kappa shape index (κ1) is 14.8. The fraction of sp³-hybridized carbons (Fsp3) is 0.667. The summed E-state index contributed by atoms with van der Waals surface area (Å²) in [5.74, 6) is 0.711. The van der Waals surface area contributed by atoms with Crippen molar-refractivity contribution in [3.05, 3.63) is 18.3 Å². The Kier molecular flexibility index (Phi) is 6.55. The van der Waals surface area contributed by atoms with Crippen molar-refractivity contribution in [1.29, 1.82) is 0 Å². The van der Waals surface area contributed by atoms with E-state index < -0.39 is 0 Å². The summed E-state index contributed by atoms with van der Waals surface area (Å²) in [5, 5.41) is 3.55. The van der Waals surface area contributed by atoms with Gasteiger partial charge in [0.1, 0.15) is 0 Å². The van der Waals surface area contributed by atoms with Crippen LogP contribution < -0.4 is 10.1 Å². The third-order valence-corrected chi connectivity index (χ3v) is 2.88. The van der Waals surface area contributed by atoms with Crippen molar-refractivity contribution in [3.8, 4) is 5.88 Å². The number of unbranched alkanes of at least 4 members (excludes halogenated alkanes) is 1. The topological polar surface area (TPSA) is 34.2 Å². The maximum absolute atomic E-state index is 5.72. The van der Waals surface area contributed by atoms with Crippen LogP contribution in [-0.2, 0) is 0 Å². The van der Waals surface area contributed by atoms with Gasteiger partial charge in [-0.05, 0) is 38.8 Å². The molecule has 1 N–H and O–H groups in total. The van der Waals surface area contributed by atoms with Crippen LogP contribution in [0.1, 0.15) is 53.4 Å². The number of aromatic nitrogens is 1. The summed E-state index contributed by atoms with van der Waals surface area (Å²) in [6.07, 6.45) is 6.73. The molecule has 0 saturated carbocycles. The molecule has 3 nitrogen and oxygen atoms in total. The lowest BCUT2D eigenvalue weighted by Gasteiger charge is -2.20. The molecule has 1 heterocycles. The average Bonchev–Trinajstić information content (AvgIpc) is 2.35. The van der Waals surface area contributed by atoms with E-state index in [0.29, 0.717) is 11.9 Å². The Morgan fingerprint density at radius 1 is 1.33 bits per heavy atom. The highest BCUT2D eigenvalue weighted by Gasteiger charge is 2.11. The van der Waals surface area contributed by atoms with Crippen molar-refractivity contribution in [2.24, 2.45) is 0 Å². The first-order valence-corrected chi connectivity index (χ1v) is 7.05. The molecule has 1 rings (SSSR count). The van der Waals surface area contributed by atoms with E-state index in [9.17, 15) is 0 Å². The van der Waals surface area contributed by atoms with Gasteiger partial charge < -0.3 is 10.1 Å². The SMILES string of the molecule is CCCCC(CC)Nc1cccnc1OC(C)C. The highest BCUT2D eigenvalue weighted by Crippen LogP contribution is 2.24. The minimum absolute atomic E-state index is 0.149.